The van der Waals surface area contributed by atoms with E-state index in [-0.39, 0.29) is 0 Å². The molecule has 36 heavy (non-hydrogen) atoms. The number of pyridine rings is 1. The minimum atomic E-state index is 1.04. The Hall–Kier alpha value is -4.47. The van der Waals surface area contributed by atoms with Gasteiger partial charge in [-0.25, -0.2) is 0 Å². The zero-order valence-electron chi connectivity index (χ0n) is 19.6. The summed E-state index contributed by atoms with van der Waals surface area (Å²) in [4.78, 5) is 5.94. The monoisotopic (exact) mass is 478 g/mol. The average molecular weight is 479 g/mol. The van der Waals surface area contributed by atoms with Crippen LogP contribution in [0.5, 0.6) is 0 Å². The van der Waals surface area contributed by atoms with Crippen molar-refractivity contribution in [3.63, 3.8) is 0 Å². The topological polar surface area (TPSA) is 17.8 Å². The zero-order valence-corrected chi connectivity index (χ0v) is 20.4. The van der Waals surface area contributed by atoms with Gasteiger partial charge in [-0.3, -0.25) is 4.98 Å². The summed E-state index contributed by atoms with van der Waals surface area (Å²) in [6.45, 7) is 8.03. The fourth-order valence-corrected chi connectivity index (χ4v) is 6.39. The third-order valence-electron chi connectivity index (χ3n) is 6.99. The van der Waals surface area contributed by atoms with Gasteiger partial charge in [-0.05, 0) is 59.2 Å². The van der Waals surface area contributed by atoms with Crippen molar-refractivity contribution in [2.45, 2.75) is 0 Å². The van der Waals surface area contributed by atoms with E-state index in [2.05, 4.69) is 103 Å². The van der Waals surface area contributed by atoms with E-state index >= 15 is 0 Å². The molecule has 0 N–H and O–H groups in total. The van der Waals surface area contributed by atoms with Gasteiger partial charge in [0, 0.05) is 43.0 Å². The van der Waals surface area contributed by atoms with Gasteiger partial charge in [-0.1, -0.05) is 73.8 Å². The Kier molecular flexibility index (Phi) is 4.66. The molecule has 0 atom stereocenters. The molecule has 3 aromatic heterocycles. The van der Waals surface area contributed by atoms with Crippen LogP contribution in [0.1, 0.15) is 10.4 Å². The summed E-state index contributed by atoms with van der Waals surface area (Å²) in [5.41, 5.74) is 8.04. The maximum atomic E-state index is 4.78. The van der Waals surface area contributed by atoms with E-state index in [4.69, 9.17) is 4.98 Å². The molecule has 0 bridgehead atoms. The maximum absolute atomic E-state index is 4.78. The van der Waals surface area contributed by atoms with Gasteiger partial charge < -0.3 is 4.57 Å². The molecule has 7 rings (SSSR count). The second-order valence-electron chi connectivity index (χ2n) is 8.94. The molecule has 0 fully saturated rings. The van der Waals surface area contributed by atoms with Gasteiger partial charge >= 0.3 is 0 Å². The Morgan fingerprint density at radius 3 is 2.39 bits per heavy atom. The predicted molar refractivity (Wildman–Crippen MR) is 157 cm³/mol. The van der Waals surface area contributed by atoms with Gasteiger partial charge in [0.05, 0.1) is 16.6 Å². The molecule has 0 aliphatic heterocycles. The highest BCUT2D eigenvalue weighted by molar-refractivity contribution is 7.20. The first-order valence-corrected chi connectivity index (χ1v) is 12.8. The van der Waals surface area contributed by atoms with Gasteiger partial charge in [0.1, 0.15) is 0 Å². The molecule has 0 spiro atoms. The van der Waals surface area contributed by atoms with E-state index in [1.807, 2.05) is 24.4 Å². The molecular weight excluding hydrogens is 456 g/mol. The molecule has 3 heteroatoms. The van der Waals surface area contributed by atoms with Crippen molar-refractivity contribution >= 4 is 66.3 Å². The number of thiophene rings is 1. The van der Waals surface area contributed by atoms with Crippen LogP contribution in [0.4, 0.5) is 0 Å². The number of fused-ring (bicyclic) bond motifs is 6. The standard InChI is InChI=1S/C33H22N2S/c1-3-25-27-19-22(14-17-31(27)36-30(25)4-2)23-12-15-26-29(20-23)35(24-10-6-5-7-11-24)28-16-13-21-9-8-18-34-33(21)32(26)28/h3-20H,1-2H2. The largest absolute Gasteiger partial charge is 0.309 e. The molecule has 2 nitrogen and oxygen atoms in total. The summed E-state index contributed by atoms with van der Waals surface area (Å²) in [7, 11) is 0. The van der Waals surface area contributed by atoms with Crippen LogP contribution >= 0.6 is 11.3 Å². The van der Waals surface area contributed by atoms with Crippen LogP contribution in [0.2, 0.25) is 0 Å². The highest BCUT2D eigenvalue weighted by Gasteiger charge is 2.17. The van der Waals surface area contributed by atoms with Crippen LogP contribution in [-0.4, -0.2) is 9.55 Å². The van der Waals surface area contributed by atoms with Crippen LogP contribution in [0, 0.1) is 0 Å². The smallest absolute Gasteiger partial charge is 0.0802 e. The van der Waals surface area contributed by atoms with E-state index < -0.39 is 0 Å². The normalized spacial score (nSPS) is 11.6. The lowest BCUT2D eigenvalue weighted by atomic mass is 10.00. The first kappa shape index (κ1) is 20.9. The summed E-state index contributed by atoms with van der Waals surface area (Å²) >= 11 is 1.76. The van der Waals surface area contributed by atoms with Gasteiger partial charge in [0.15, 0.2) is 0 Å². The van der Waals surface area contributed by atoms with Crippen molar-refractivity contribution in [2.24, 2.45) is 0 Å². The van der Waals surface area contributed by atoms with Crippen molar-refractivity contribution in [2.75, 3.05) is 0 Å². The van der Waals surface area contributed by atoms with Crippen LogP contribution < -0.4 is 0 Å². The van der Waals surface area contributed by atoms with Crippen molar-refractivity contribution in [3.8, 4) is 16.8 Å². The second-order valence-corrected chi connectivity index (χ2v) is 10.0. The van der Waals surface area contributed by atoms with Crippen LogP contribution in [0.25, 0.3) is 71.8 Å². The molecule has 4 aromatic carbocycles. The predicted octanol–water partition coefficient (Wildman–Crippen LogP) is 9.50. The Morgan fingerprint density at radius 1 is 0.722 bits per heavy atom. The number of rotatable bonds is 4. The van der Waals surface area contributed by atoms with E-state index in [0.717, 1.165) is 32.5 Å². The molecule has 7 aromatic rings. The molecule has 3 heterocycles. The third-order valence-corrected chi connectivity index (χ3v) is 8.18. The van der Waals surface area contributed by atoms with Crippen molar-refractivity contribution in [1.29, 1.82) is 0 Å². The molecule has 0 unspecified atom stereocenters. The lowest BCUT2D eigenvalue weighted by Gasteiger charge is -2.09. The Morgan fingerprint density at radius 2 is 1.56 bits per heavy atom. The molecule has 170 valence electrons. The molecular formula is C33H22N2S. The minimum absolute atomic E-state index is 1.04. The third kappa shape index (κ3) is 3.00. The molecule has 0 saturated carbocycles. The number of hydrogen-bond donors (Lipinski definition) is 0. The van der Waals surface area contributed by atoms with Gasteiger partial charge in [0.2, 0.25) is 0 Å². The average Bonchev–Trinajstić information content (AvgIpc) is 3.47. The Labute approximate surface area is 213 Å². The van der Waals surface area contributed by atoms with Crippen LogP contribution in [0.3, 0.4) is 0 Å². The molecule has 0 aliphatic rings. The van der Waals surface area contributed by atoms with E-state index in [9.17, 15) is 0 Å². The van der Waals surface area contributed by atoms with Gasteiger partial charge in [-0.15, -0.1) is 11.3 Å². The number of aromatic nitrogens is 2. The summed E-state index contributed by atoms with van der Waals surface area (Å²) in [6.07, 6.45) is 5.74. The molecule has 0 radical (unpaired) electrons. The number of benzene rings is 4. The number of nitrogens with zero attached hydrogens (tertiary/aromatic N) is 2. The zero-order chi connectivity index (χ0) is 24.2. The second kappa shape index (κ2) is 8.04. The quantitative estimate of drug-likeness (QED) is 0.246. The SMILES string of the molecule is C=Cc1sc2ccc(-c3ccc4c5c6ncccc6ccc5n(-c5ccccc5)c4c3)cc2c1C=C. The Bertz CT molecular complexity index is 1970. The first-order chi connectivity index (χ1) is 17.8. The minimum Gasteiger partial charge on any atom is -0.309 e. The highest BCUT2D eigenvalue weighted by Crippen LogP contribution is 2.40. The van der Waals surface area contributed by atoms with Crippen molar-refractivity contribution < 1.29 is 0 Å². The van der Waals surface area contributed by atoms with Crippen molar-refractivity contribution in [3.05, 3.63) is 121 Å². The fraction of sp³-hybridized carbons (Fsp3) is 0. The van der Waals surface area contributed by atoms with Crippen molar-refractivity contribution in [1.82, 2.24) is 9.55 Å². The summed E-state index contributed by atoms with van der Waals surface area (Å²) in [5, 5.41) is 4.77. The number of para-hydroxylation sites is 1. The lowest BCUT2D eigenvalue weighted by Crippen LogP contribution is -1.93. The van der Waals surface area contributed by atoms with E-state index in [1.165, 1.54) is 37.5 Å². The van der Waals surface area contributed by atoms with Crippen LogP contribution in [-0.2, 0) is 0 Å². The highest BCUT2D eigenvalue weighted by atomic mass is 32.1. The van der Waals surface area contributed by atoms with Crippen LogP contribution in [0.15, 0.2) is 110 Å². The molecule has 0 saturated heterocycles. The van der Waals surface area contributed by atoms with Gasteiger partial charge in [0.25, 0.3) is 0 Å². The Balaban J connectivity index is 1.55. The number of hydrogen-bond acceptors (Lipinski definition) is 2. The lowest BCUT2D eigenvalue weighted by molar-refractivity contribution is 1.18. The molecule has 0 aliphatic carbocycles. The summed E-state index contributed by atoms with van der Waals surface area (Å²) in [5.74, 6) is 0. The molecule has 0 amide bonds. The van der Waals surface area contributed by atoms with E-state index in [0.29, 0.717) is 0 Å². The summed E-state index contributed by atoms with van der Waals surface area (Å²) in [6, 6.07) is 32.6. The maximum Gasteiger partial charge on any atom is 0.0802 e. The fourth-order valence-electron chi connectivity index (χ4n) is 5.36. The van der Waals surface area contributed by atoms with Gasteiger partial charge in [-0.2, -0.15) is 0 Å². The first-order valence-electron chi connectivity index (χ1n) is 12.0. The summed E-state index contributed by atoms with van der Waals surface area (Å²) < 4.78 is 3.61. The van der Waals surface area contributed by atoms with E-state index in [1.54, 1.807) is 11.3 Å².